The average Bonchev–Trinajstić information content (AvgIpc) is 2.51. The standard InChI is InChI=1S/C16H17NO4S/c1-3-15(11(2)16(18)19)17-22(20,21)14-9-8-12-6-4-5-7-13(12)10-14/h4-10,17H,3H2,1-2H3,(H,18,19)/b15-11+. The van der Waals surface area contributed by atoms with Gasteiger partial charge in [0.05, 0.1) is 10.5 Å². The Morgan fingerprint density at radius 2 is 1.77 bits per heavy atom. The maximum absolute atomic E-state index is 12.4. The van der Waals surface area contributed by atoms with Crippen LogP contribution in [0.2, 0.25) is 0 Å². The Morgan fingerprint density at radius 3 is 2.36 bits per heavy atom. The number of carboxylic acid groups (broad SMARTS) is 1. The van der Waals surface area contributed by atoms with Gasteiger partial charge in [-0.2, -0.15) is 0 Å². The second-order valence-corrected chi connectivity index (χ2v) is 6.56. The van der Waals surface area contributed by atoms with Crippen LogP contribution in [0.3, 0.4) is 0 Å². The monoisotopic (exact) mass is 319 g/mol. The maximum Gasteiger partial charge on any atom is 0.333 e. The van der Waals surface area contributed by atoms with E-state index < -0.39 is 16.0 Å². The molecule has 0 saturated heterocycles. The van der Waals surface area contributed by atoms with E-state index >= 15 is 0 Å². The number of sulfonamides is 1. The molecule has 0 fully saturated rings. The summed E-state index contributed by atoms with van der Waals surface area (Å²) in [5.74, 6) is -1.14. The lowest BCUT2D eigenvalue weighted by atomic mass is 10.1. The van der Waals surface area contributed by atoms with Gasteiger partial charge in [0.15, 0.2) is 0 Å². The predicted octanol–water partition coefficient (Wildman–Crippen LogP) is 2.89. The van der Waals surface area contributed by atoms with Crippen LogP contribution in [0.4, 0.5) is 0 Å². The molecule has 0 aliphatic carbocycles. The van der Waals surface area contributed by atoms with Crippen LogP contribution in [0.25, 0.3) is 10.8 Å². The van der Waals surface area contributed by atoms with Gasteiger partial charge in [0.2, 0.25) is 0 Å². The molecule has 0 bridgehead atoms. The van der Waals surface area contributed by atoms with Gasteiger partial charge in [-0.3, -0.25) is 4.72 Å². The number of rotatable bonds is 5. The summed E-state index contributed by atoms with van der Waals surface area (Å²) in [7, 11) is -3.81. The van der Waals surface area contributed by atoms with Gasteiger partial charge in [-0.25, -0.2) is 13.2 Å². The van der Waals surface area contributed by atoms with Crippen LogP contribution in [0.1, 0.15) is 20.3 Å². The smallest absolute Gasteiger partial charge is 0.333 e. The zero-order valence-corrected chi connectivity index (χ0v) is 13.1. The quantitative estimate of drug-likeness (QED) is 0.830. The topological polar surface area (TPSA) is 83.5 Å². The van der Waals surface area contributed by atoms with Crippen LogP contribution in [-0.4, -0.2) is 19.5 Å². The molecule has 0 aliphatic rings. The fourth-order valence-corrected chi connectivity index (χ4v) is 3.37. The molecule has 0 amide bonds. The van der Waals surface area contributed by atoms with Crippen LogP contribution in [0.5, 0.6) is 0 Å². The molecule has 2 rings (SSSR count). The Morgan fingerprint density at radius 1 is 1.14 bits per heavy atom. The normalized spacial score (nSPS) is 12.8. The van der Waals surface area contributed by atoms with Crippen molar-refractivity contribution in [2.75, 3.05) is 0 Å². The Hall–Kier alpha value is -2.34. The molecule has 5 nitrogen and oxygen atoms in total. The second-order valence-electron chi connectivity index (χ2n) is 4.88. The highest BCUT2D eigenvalue weighted by Gasteiger charge is 2.18. The molecular weight excluding hydrogens is 302 g/mol. The van der Waals surface area contributed by atoms with Crippen LogP contribution < -0.4 is 4.72 Å². The first kappa shape index (κ1) is 16.0. The summed E-state index contributed by atoms with van der Waals surface area (Å²) in [6.45, 7) is 3.08. The van der Waals surface area contributed by atoms with Crippen molar-refractivity contribution < 1.29 is 18.3 Å². The fourth-order valence-electron chi connectivity index (χ4n) is 2.10. The van der Waals surface area contributed by atoms with Crippen molar-refractivity contribution in [2.45, 2.75) is 25.2 Å². The first-order valence-electron chi connectivity index (χ1n) is 6.80. The molecule has 0 aromatic heterocycles. The van der Waals surface area contributed by atoms with E-state index in [9.17, 15) is 13.2 Å². The second kappa shape index (κ2) is 6.19. The van der Waals surface area contributed by atoms with Crippen LogP contribution >= 0.6 is 0 Å². The van der Waals surface area contributed by atoms with Crippen molar-refractivity contribution in [3.8, 4) is 0 Å². The average molecular weight is 319 g/mol. The van der Waals surface area contributed by atoms with Crippen molar-refractivity contribution in [2.24, 2.45) is 0 Å². The summed E-state index contributed by atoms with van der Waals surface area (Å²) in [4.78, 5) is 11.1. The minimum absolute atomic E-state index is 0.00753. The van der Waals surface area contributed by atoms with Crippen molar-refractivity contribution in [1.82, 2.24) is 4.72 Å². The van der Waals surface area contributed by atoms with Gasteiger partial charge in [-0.15, -0.1) is 0 Å². The van der Waals surface area contributed by atoms with Gasteiger partial charge in [0.25, 0.3) is 10.0 Å². The summed E-state index contributed by atoms with van der Waals surface area (Å²) < 4.78 is 27.2. The summed E-state index contributed by atoms with van der Waals surface area (Å²) in [5, 5.41) is 10.7. The van der Waals surface area contributed by atoms with Crippen LogP contribution in [-0.2, 0) is 14.8 Å². The van der Waals surface area contributed by atoms with E-state index in [2.05, 4.69) is 4.72 Å². The number of hydrogen-bond acceptors (Lipinski definition) is 3. The van der Waals surface area contributed by atoms with E-state index in [0.29, 0.717) is 0 Å². The first-order valence-corrected chi connectivity index (χ1v) is 8.28. The van der Waals surface area contributed by atoms with Gasteiger partial charge in [-0.1, -0.05) is 37.3 Å². The maximum atomic E-state index is 12.4. The third-order valence-electron chi connectivity index (χ3n) is 3.42. The molecule has 2 aromatic rings. The molecule has 0 saturated carbocycles. The van der Waals surface area contributed by atoms with Gasteiger partial charge in [-0.05, 0) is 36.2 Å². The lowest BCUT2D eigenvalue weighted by Gasteiger charge is -2.12. The number of benzene rings is 2. The zero-order chi connectivity index (χ0) is 16.3. The van der Waals surface area contributed by atoms with E-state index in [4.69, 9.17) is 5.11 Å². The highest BCUT2D eigenvalue weighted by molar-refractivity contribution is 7.89. The number of allylic oxidation sites excluding steroid dienone is 1. The summed E-state index contributed by atoms with van der Waals surface area (Å²) in [6.07, 6.45) is 0.283. The zero-order valence-electron chi connectivity index (χ0n) is 12.3. The summed E-state index contributed by atoms with van der Waals surface area (Å²) >= 11 is 0. The van der Waals surface area contributed by atoms with E-state index in [1.54, 1.807) is 19.1 Å². The van der Waals surface area contributed by atoms with Gasteiger partial charge in [0, 0.05) is 5.70 Å². The highest BCUT2D eigenvalue weighted by Crippen LogP contribution is 2.20. The lowest BCUT2D eigenvalue weighted by Crippen LogP contribution is -2.25. The summed E-state index contributed by atoms with van der Waals surface area (Å²) in [5.41, 5.74) is 0.174. The van der Waals surface area contributed by atoms with Gasteiger partial charge >= 0.3 is 5.97 Å². The first-order chi connectivity index (χ1) is 10.3. The Balaban J connectivity index is 2.44. The van der Waals surface area contributed by atoms with Crippen molar-refractivity contribution >= 4 is 26.8 Å². The Kier molecular flexibility index (Phi) is 4.51. The van der Waals surface area contributed by atoms with Crippen LogP contribution in [0, 0.1) is 0 Å². The molecule has 0 spiro atoms. The molecule has 0 radical (unpaired) electrons. The molecule has 2 N–H and O–H groups in total. The fraction of sp³-hybridized carbons (Fsp3) is 0.188. The molecule has 0 unspecified atom stereocenters. The van der Waals surface area contributed by atoms with Crippen molar-refractivity contribution in [1.29, 1.82) is 0 Å². The molecule has 0 heterocycles. The Bertz CT molecular complexity index is 853. The van der Waals surface area contributed by atoms with Gasteiger partial charge < -0.3 is 5.11 Å². The van der Waals surface area contributed by atoms with Crippen LogP contribution in [0.15, 0.2) is 58.6 Å². The molecule has 0 aliphatic heterocycles. The minimum atomic E-state index is -3.81. The molecule has 0 atom stereocenters. The molecule has 2 aromatic carbocycles. The Labute approximate surface area is 129 Å². The third kappa shape index (κ3) is 3.28. The van der Waals surface area contributed by atoms with E-state index in [-0.39, 0.29) is 22.6 Å². The van der Waals surface area contributed by atoms with Crippen molar-refractivity contribution in [3.05, 3.63) is 53.7 Å². The third-order valence-corrected chi connectivity index (χ3v) is 4.81. The number of hydrogen-bond donors (Lipinski definition) is 2. The number of carboxylic acids is 1. The minimum Gasteiger partial charge on any atom is -0.478 e. The molecular formula is C16H17NO4S. The van der Waals surface area contributed by atoms with E-state index in [1.807, 2.05) is 24.3 Å². The molecule has 22 heavy (non-hydrogen) atoms. The summed E-state index contributed by atoms with van der Waals surface area (Å²) in [6, 6.07) is 12.2. The molecule has 6 heteroatoms. The van der Waals surface area contributed by atoms with Gasteiger partial charge in [0.1, 0.15) is 0 Å². The van der Waals surface area contributed by atoms with Crippen molar-refractivity contribution in [3.63, 3.8) is 0 Å². The highest BCUT2D eigenvalue weighted by atomic mass is 32.2. The largest absolute Gasteiger partial charge is 0.478 e. The lowest BCUT2D eigenvalue weighted by molar-refractivity contribution is -0.132. The predicted molar refractivity (Wildman–Crippen MR) is 84.9 cm³/mol. The number of fused-ring (bicyclic) bond motifs is 1. The molecule has 116 valence electrons. The number of carbonyl (C=O) groups is 1. The SMILES string of the molecule is CC/C(NS(=O)(=O)c1ccc2ccccc2c1)=C(/C)C(=O)O. The number of nitrogens with one attached hydrogen (secondary N) is 1. The van der Waals surface area contributed by atoms with E-state index in [1.165, 1.54) is 13.0 Å². The number of aliphatic carboxylic acids is 1. The van der Waals surface area contributed by atoms with E-state index in [0.717, 1.165) is 10.8 Å².